The molecule has 0 amide bonds. The quantitative estimate of drug-likeness (QED) is 0.131. The van der Waals surface area contributed by atoms with E-state index in [2.05, 4.69) is 141 Å². The highest BCUT2D eigenvalue weighted by atomic mass is 32.1. The van der Waals surface area contributed by atoms with Crippen molar-refractivity contribution in [3.05, 3.63) is 199 Å². The third-order valence-corrected chi connectivity index (χ3v) is 16.4. The predicted molar refractivity (Wildman–Crippen MR) is 285 cm³/mol. The van der Waals surface area contributed by atoms with Gasteiger partial charge in [0.15, 0.2) is 0 Å². The van der Waals surface area contributed by atoms with E-state index in [4.69, 9.17) is 9.97 Å². The molecule has 0 fully saturated rings. The lowest BCUT2D eigenvalue weighted by Crippen LogP contribution is -2.09. The fourth-order valence-electron chi connectivity index (χ4n) is 11.3. The maximum atomic E-state index is 12.1. The third kappa shape index (κ3) is 4.77. The Kier molecular flexibility index (Phi) is 7.58. The van der Waals surface area contributed by atoms with Crippen LogP contribution in [0, 0.1) is 17.9 Å². The summed E-state index contributed by atoms with van der Waals surface area (Å²) >= 11 is 3.57. The fraction of sp³-hybridized carbons (Fsp3) is 0. The van der Waals surface area contributed by atoms with Crippen molar-refractivity contribution in [3.8, 4) is 39.7 Å². The average Bonchev–Trinajstić information content (AvgIpc) is 4.16. The van der Waals surface area contributed by atoms with Gasteiger partial charge in [0.25, 0.3) is 0 Å². The van der Waals surface area contributed by atoms with Crippen LogP contribution in [0.15, 0.2) is 182 Å². The number of hydrogen-bond donors (Lipinski definition) is 0. The Bertz CT molecular complexity index is 4540. The molecule has 0 unspecified atom stereocenters. The van der Waals surface area contributed by atoms with Crippen LogP contribution in [0.4, 0.5) is 5.69 Å². The summed E-state index contributed by atoms with van der Waals surface area (Å²) in [7, 11) is 0. The van der Waals surface area contributed by atoms with E-state index in [9.17, 15) is 11.8 Å². The van der Waals surface area contributed by atoms with Crippen molar-refractivity contribution < 1.29 is 0 Å². The second-order valence-corrected chi connectivity index (χ2v) is 19.4. The van der Waals surface area contributed by atoms with E-state index in [1.807, 2.05) is 60.9 Å². The van der Waals surface area contributed by atoms with Gasteiger partial charge in [-0.3, -0.25) is 4.57 Å². The first kappa shape index (κ1) is 37.3. The summed E-state index contributed by atoms with van der Waals surface area (Å²) in [4.78, 5) is 15.0. The first-order valence-corrected chi connectivity index (χ1v) is 24.0. The number of aromatic nitrogens is 4. The standard InChI is InChI=1S/C60H30N6S2/c1-62-52-48(33-14-4-2-5-15-33)45(32-61)53(49(34-16-6-3-7-17-34)56(52)66-59-50-39(28-30-63-59)35-18-8-9-19-36(35)40-29-31-64-60(66)51(40)50)65-54-41(24-26-43-37-20-10-12-22-46(37)67-57(43)54)42-25-27-44-38-21-11-13-23-47(38)68-58(44)55(42)65/h2-31H. The Morgan fingerprint density at radius 1 is 0.441 bits per heavy atom. The van der Waals surface area contributed by atoms with E-state index in [0.717, 1.165) is 91.0 Å². The van der Waals surface area contributed by atoms with E-state index < -0.39 is 0 Å². The highest BCUT2D eigenvalue weighted by molar-refractivity contribution is 7.27. The van der Waals surface area contributed by atoms with Crippen molar-refractivity contribution in [1.82, 2.24) is 19.1 Å². The molecule has 9 aromatic carbocycles. The maximum Gasteiger partial charge on any atom is 0.220 e. The zero-order valence-electron chi connectivity index (χ0n) is 35.8. The van der Waals surface area contributed by atoms with Crippen molar-refractivity contribution in [2.24, 2.45) is 0 Å². The van der Waals surface area contributed by atoms with Crippen LogP contribution in [0.3, 0.4) is 0 Å². The minimum Gasteiger partial charge on any atom is -0.304 e. The average molecular weight is 899 g/mol. The summed E-state index contributed by atoms with van der Waals surface area (Å²) in [6, 6.07) is 62.1. The molecule has 0 bridgehead atoms. The minimum absolute atomic E-state index is 0.352. The molecular weight excluding hydrogens is 869 g/mol. The summed E-state index contributed by atoms with van der Waals surface area (Å²) in [5, 5.41) is 25.4. The van der Waals surface area contributed by atoms with E-state index >= 15 is 0 Å². The van der Waals surface area contributed by atoms with E-state index in [-0.39, 0.29) is 0 Å². The molecule has 0 N–H and O–H groups in total. The summed E-state index contributed by atoms with van der Waals surface area (Å²) in [6.07, 6.45) is 3.75. The van der Waals surface area contributed by atoms with Crippen molar-refractivity contribution >= 4 is 134 Å². The lowest BCUT2D eigenvalue weighted by Gasteiger charge is -2.25. The topological polar surface area (TPSA) is 63.8 Å². The van der Waals surface area contributed by atoms with Crippen LogP contribution in [-0.4, -0.2) is 19.1 Å². The van der Waals surface area contributed by atoms with Crippen LogP contribution in [0.1, 0.15) is 5.56 Å². The van der Waals surface area contributed by atoms with Crippen LogP contribution in [0.2, 0.25) is 0 Å². The molecule has 68 heavy (non-hydrogen) atoms. The number of nitriles is 1. The molecule has 0 saturated carbocycles. The largest absolute Gasteiger partial charge is 0.304 e. The van der Waals surface area contributed by atoms with Gasteiger partial charge in [-0.05, 0) is 56.9 Å². The molecule has 0 radical (unpaired) electrons. The van der Waals surface area contributed by atoms with Gasteiger partial charge in [0.2, 0.25) is 5.69 Å². The lowest BCUT2D eigenvalue weighted by atomic mass is 9.88. The lowest BCUT2D eigenvalue weighted by molar-refractivity contribution is 1.10. The van der Waals surface area contributed by atoms with Crippen molar-refractivity contribution in [2.75, 3.05) is 0 Å². The molecule has 0 atom stereocenters. The predicted octanol–water partition coefficient (Wildman–Crippen LogP) is 16.9. The summed E-state index contributed by atoms with van der Waals surface area (Å²) in [6.45, 7) is 9.33. The molecule has 0 aliphatic heterocycles. The zero-order chi connectivity index (χ0) is 44.8. The van der Waals surface area contributed by atoms with E-state index in [1.54, 1.807) is 22.7 Å². The van der Waals surface area contributed by atoms with Gasteiger partial charge in [0.1, 0.15) is 17.4 Å². The van der Waals surface area contributed by atoms with Crippen molar-refractivity contribution in [2.45, 2.75) is 0 Å². The second kappa shape index (κ2) is 13.8. The fourth-order valence-corrected chi connectivity index (χ4v) is 13.8. The molecule has 15 rings (SSSR count). The van der Waals surface area contributed by atoms with Crippen LogP contribution in [0.25, 0.3) is 144 Å². The SMILES string of the molecule is [C-]#[N+]c1c(-c2ccccc2)c(C#N)c(-n2c3c(ccc4c5ccccc5sc43)c3ccc4c5ccccc5sc4c32)c(-c2ccccc2)c1-n1c2nccc3c4ccccc4c4ccnc1c4c32. The number of benzene rings is 9. The molecular formula is C60H30N6S2. The van der Waals surface area contributed by atoms with Gasteiger partial charge >= 0.3 is 0 Å². The van der Waals surface area contributed by atoms with Gasteiger partial charge in [-0.1, -0.05) is 146 Å². The zero-order valence-corrected chi connectivity index (χ0v) is 37.5. The maximum absolute atomic E-state index is 12.1. The minimum atomic E-state index is 0.352. The Hall–Kier alpha value is -8.92. The van der Waals surface area contributed by atoms with Gasteiger partial charge in [0.05, 0.1) is 43.9 Å². The number of pyridine rings is 2. The van der Waals surface area contributed by atoms with Gasteiger partial charge in [-0.2, -0.15) is 5.26 Å². The Morgan fingerprint density at radius 3 is 1.40 bits per heavy atom. The monoisotopic (exact) mass is 898 g/mol. The first-order chi connectivity index (χ1) is 33.7. The molecule has 6 nitrogen and oxygen atoms in total. The van der Waals surface area contributed by atoms with Crippen LogP contribution < -0.4 is 0 Å². The Balaban J connectivity index is 1.26. The molecule has 0 aliphatic rings. The number of hydrogen-bond acceptors (Lipinski definition) is 5. The normalized spacial score (nSPS) is 12.1. The molecule has 6 heterocycles. The van der Waals surface area contributed by atoms with Gasteiger partial charge in [-0.15, -0.1) is 22.7 Å². The molecule has 0 spiro atoms. The number of thiophene rings is 2. The first-order valence-electron chi connectivity index (χ1n) is 22.4. The van der Waals surface area contributed by atoms with Crippen LogP contribution >= 0.6 is 22.7 Å². The Morgan fingerprint density at radius 2 is 0.897 bits per heavy atom. The van der Waals surface area contributed by atoms with Crippen LogP contribution in [-0.2, 0) is 0 Å². The molecule has 8 heteroatoms. The molecule has 0 saturated heterocycles. The van der Waals surface area contributed by atoms with Gasteiger partial charge in [0, 0.05) is 76.0 Å². The molecule has 312 valence electrons. The highest BCUT2D eigenvalue weighted by Crippen LogP contribution is 2.55. The Labute approximate surface area is 395 Å². The molecule has 6 aromatic heterocycles. The van der Waals surface area contributed by atoms with E-state index in [1.165, 1.54) is 20.2 Å². The van der Waals surface area contributed by atoms with Crippen molar-refractivity contribution in [1.29, 1.82) is 5.26 Å². The number of nitrogens with zero attached hydrogens (tertiary/aromatic N) is 6. The van der Waals surface area contributed by atoms with Crippen LogP contribution in [0.5, 0.6) is 0 Å². The smallest absolute Gasteiger partial charge is 0.220 e. The molecule has 0 aliphatic carbocycles. The second-order valence-electron chi connectivity index (χ2n) is 17.3. The summed E-state index contributed by atoms with van der Waals surface area (Å²) in [5.41, 5.74) is 8.49. The number of fused-ring (bicyclic) bond motifs is 14. The summed E-state index contributed by atoms with van der Waals surface area (Å²) in [5.74, 6) is 0. The van der Waals surface area contributed by atoms with Crippen molar-refractivity contribution in [3.63, 3.8) is 0 Å². The highest BCUT2D eigenvalue weighted by Gasteiger charge is 2.34. The summed E-state index contributed by atoms with van der Waals surface area (Å²) < 4.78 is 9.19. The van der Waals surface area contributed by atoms with Gasteiger partial charge in [-0.25, -0.2) is 14.8 Å². The van der Waals surface area contributed by atoms with Gasteiger partial charge < -0.3 is 4.57 Å². The number of rotatable bonds is 4. The third-order valence-electron chi connectivity index (χ3n) is 14.0. The molecule has 15 aromatic rings. The van der Waals surface area contributed by atoms with E-state index in [0.29, 0.717) is 39.5 Å².